The summed E-state index contributed by atoms with van der Waals surface area (Å²) in [5, 5.41) is 2.98. The average Bonchev–Trinajstić information content (AvgIpc) is 3.05. The minimum absolute atomic E-state index is 0.0227. The minimum atomic E-state index is -0.0980. The zero-order valence-corrected chi connectivity index (χ0v) is 14.4. The van der Waals surface area contributed by atoms with E-state index in [0.29, 0.717) is 37.6 Å². The molecule has 2 aromatic carbocycles. The van der Waals surface area contributed by atoms with Crippen LogP contribution in [0.5, 0.6) is 5.75 Å². The molecule has 0 bridgehead atoms. The van der Waals surface area contributed by atoms with E-state index >= 15 is 0 Å². The van der Waals surface area contributed by atoms with Gasteiger partial charge in [0.2, 0.25) is 11.8 Å². The van der Waals surface area contributed by atoms with Gasteiger partial charge in [-0.3, -0.25) is 4.79 Å². The molecule has 0 unspecified atom stereocenters. The number of carbonyl (C=O) groups is 1. The summed E-state index contributed by atoms with van der Waals surface area (Å²) in [6.07, 6.45) is 2.98. The summed E-state index contributed by atoms with van der Waals surface area (Å²) < 4.78 is 11.2. The van der Waals surface area contributed by atoms with E-state index in [1.54, 1.807) is 6.26 Å². The highest BCUT2D eigenvalue weighted by atomic mass is 16.5. The predicted octanol–water partition coefficient (Wildman–Crippen LogP) is 3.60. The van der Waals surface area contributed by atoms with Crippen LogP contribution in [0.1, 0.15) is 17.7 Å². The maximum absolute atomic E-state index is 12.6. The number of nitrogens with zero attached hydrogens (tertiary/aromatic N) is 1. The van der Waals surface area contributed by atoms with Gasteiger partial charge < -0.3 is 14.5 Å². The molecule has 0 saturated heterocycles. The van der Waals surface area contributed by atoms with Gasteiger partial charge in [0.1, 0.15) is 12.0 Å². The van der Waals surface area contributed by atoms with E-state index in [1.807, 2.05) is 54.6 Å². The number of aromatic nitrogens is 1. The van der Waals surface area contributed by atoms with Crippen molar-refractivity contribution in [2.75, 3.05) is 6.61 Å². The van der Waals surface area contributed by atoms with Gasteiger partial charge in [-0.2, -0.15) is 0 Å². The summed E-state index contributed by atoms with van der Waals surface area (Å²) >= 11 is 0. The third kappa shape index (κ3) is 3.61. The molecular formula is C21H20N2O3. The zero-order chi connectivity index (χ0) is 17.8. The van der Waals surface area contributed by atoms with Crippen molar-refractivity contribution in [1.82, 2.24) is 10.3 Å². The highest BCUT2D eigenvalue weighted by molar-refractivity contribution is 5.79. The van der Waals surface area contributed by atoms with Crippen LogP contribution >= 0.6 is 0 Å². The molecule has 1 N–H and O–H groups in total. The van der Waals surface area contributed by atoms with Crippen LogP contribution in [0, 0.1) is 5.92 Å². The molecule has 3 aromatic rings. The Kier molecular flexibility index (Phi) is 4.69. The highest BCUT2D eigenvalue weighted by Gasteiger charge is 2.23. The van der Waals surface area contributed by atoms with E-state index in [-0.39, 0.29) is 11.8 Å². The standard InChI is InChI=1S/C21H20N2O3/c24-20(17-10-11-25-19-9-5-4-8-16(19)12-17)22-13-18-14-26-21(23-18)15-6-2-1-3-7-15/h1-9,14,17H,10-13H2,(H,22,24)/t17-/m1/s1. The van der Waals surface area contributed by atoms with Gasteiger partial charge in [0.25, 0.3) is 0 Å². The third-order valence-corrected chi connectivity index (χ3v) is 4.55. The summed E-state index contributed by atoms with van der Waals surface area (Å²) in [7, 11) is 0. The molecule has 0 saturated carbocycles. The Morgan fingerprint density at radius 3 is 2.81 bits per heavy atom. The Labute approximate surface area is 152 Å². The van der Waals surface area contributed by atoms with E-state index in [4.69, 9.17) is 9.15 Å². The Morgan fingerprint density at radius 2 is 1.92 bits per heavy atom. The number of hydrogen-bond acceptors (Lipinski definition) is 4. The van der Waals surface area contributed by atoms with Gasteiger partial charge in [0.05, 0.1) is 18.8 Å². The summed E-state index contributed by atoms with van der Waals surface area (Å²) in [5.41, 5.74) is 2.71. The lowest BCUT2D eigenvalue weighted by Crippen LogP contribution is -2.31. The quantitative estimate of drug-likeness (QED) is 0.782. The van der Waals surface area contributed by atoms with Crippen LogP contribution in [0.15, 0.2) is 65.3 Å². The maximum Gasteiger partial charge on any atom is 0.226 e. The van der Waals surface area contributed by atoms with Gasteiger partial charge in [0.15, 0.2) is 0 Å². The van der Waals surface area contributed by atoms with Gasteiger partial charge in [-0.05, 0) is 36.6 Å². The fourth-order valence-corrected chi connectivity index (χ4v) is 3.14. The van der Waals surface area contributed by atoms with Crippen molar-refractivity contribution in [1.29, 1.82) is 0 Å². The predicted molar refractivity (Wildman–Crippen MR) is 97.5 cm³/mol. The van der Waals surface area contributed by atoms with Gasteiger partial charge in [-0.1, -0.05) is 36.4 Å². The number of oxazole rings is 1. The Morgan fingerprint density at radius 1 is 1.12 bits per heavy atom. The van der Waals surface area contributed by atoms with Crippen molar-refractivity contribution in [3.63, 3.8) is 0 Å². The molecular weight excluding hydrogens is 328 g/mol. The third-order valence-electron chi connectivity index (χ3n) is 4.55. The molecule has 1 aliphatic heterocycles. The molecule has 5 nitrogen and oxygen atoms in total. The minimum Gasteiger partial charge on any atom is -0.493 e. The van der Waals surface area contributed by atoms with Crippen molar-refractivity contribution in [3.8, 4) is 17.2 Å². The lowest BCUT2D eigenvalue weighted by molar-refractivity contribution is -0.125. The maximum atomic E-state index is 12.6. The molecule has 0 radical (unpaired) electrons. The summed E-state index contributed by atoms with van der Waals surface area (Å²) in [6.45, 7) is 0.908. The summed E-state index contributed by atoms with van der Waals surface area (Å²) in [4.78, 5) is 17.0. The van der Waals surface area contributed by atoms with E-state index in [0.717, 1.165) is 16.9 Å². The van der Waals surface area contributed by atoms with Crippen LogP contribution in [0.4, 0.5) is 0 Å². The first-order valence-corrected chi connectivity index (χ1v) is 8.78. The van der Waals surface area contributed by atoms with Gasteiger partial charge in [0, 0.05) is 11.5 Å². The SMILES string of the molecule is O=C(NCc1coc(-c2ccccc2)n1)[C@@H]1CCOc2ccccc2C1. The first kappa shape index (κ1) is 16.4. The number of amides is 1. The molecule has 5 heteroatoms. The van der Waals surface area contributed by atoms with E-state index in [9.17, 15) is 4.79 Å². The van der Waals surface area contributed by atoms with Crippen LogP contribution in [0.3, 0.4) is 0 Å². The van der Waals surface area contributed by atoms with Crippen LogP contribution in [0.25, 0.3) is 11.5 Å². The largest absolute Gasteiger partial charge is 0.493 e. The lowest BCUT2D eigenvalue weighted by Gasteiger charge is -2.13. The number of para-hydroxylation sites is 1. The normalized spacial score (nSPS) is 16.2. The molecule has 2 heterocycles. The van der Waals surface area contributed by atoms with Crippen molar-refractivity contribution in [3.05, 3.63) is 72.1 Å². The highest BCUT2D eigenvalue weighted by Crippen LogP contribution is 2.26. The topological polar surface area (TPSA) is 64.4 Å². The fraction of sp³-hybridized carbons (Fsp3) is 0.238. The number of ether oxygens (including phenoxy) is 1. The van der Waals surface area contributed by atoms with Crippen molar-refractivity contribution < 1.29 is 13.9 Å². The van der Waals surface area contributed by atoms with Crippen LogP contribution in [0.2, 0.25) is 0 Å². The number of rotatable bonds is 4. The number of benzene rings is 2. The summed E-state index contributed by atoms with van der Waals surface area (Å²) in [5.74, 6) is 1.37. The Bertz CT molecular complexity index is 889. The molecule has 1 aromatic heterocycles. The number of nitrogens with one attached hydrogen (secondary N) is 1. The lowest BCUT2D eigenvalue weighted by atomic mass is 9.96. The summed E-state index contributed by atoms with van der Waals surface area (Å²) in [6, 6.07) is 17.6. The molecule has 1 amide bonds. The smallest absolute Gasteiger partial charge is 0.226 e. The number of fused-ring (bicyclic) bond motifs is 1. The van der Waals surface area contributed by atoms with Gasteiger partial charge >= 0.3 is 0 Å². The monoisotopic (exact) mass is 348 g/mol. The second-order valence-corrected chi connectivity index (χ2v) is 6.37. The van der Waals surface area contributed by atoms with Crippen LogP contribution in [-0.2, 0) is 17.8 Å². The van der Waals surface area contributed by atoms with E-state index in [1.165, 1.54) is 0 Å². The fourth-order valence-electron chi connectivity index (χ4n) is 3.14. The Hall–Kier alpha value is -3.08. The van der Waals surface area contributed by atoms with Gasteiger partial charge in [-0.25, -0.2) is 4.98 Å². The van der Waals surface area contributed by atoms with Crippen molar-refractivity contribution in [2.45, 2.75) is 19.4 Å². The van der Waals surface area contributed by atoms with Crippen molar-refractivity contribution >= 4 is 5.91 Å². The molecule has 26 heavy (non-hydrogen) atoms. The molecule has 0 spiro atoms. The number of hydrogen-bond donors (Lipinski definition) is 1. The first-order chi connectivity index (χ1) is 12.8. The van der Waals surface area contributed by atoms with E-state index in [2.05, 4.69) is 10.3 Å². The second-order valence-electron chi connectivity index (χ2n) is 6.37. The molecule has 0 aliphatic carbocycles. The molecule has 0 fully saturated rings. The Balaban J connectivity index is 1.38. The number of carbonyl (C=O) groups excluding carboxylic acids is 1. The average molecular weight is 348 g/mol. The van der Waals surface area contributed by atoms with Crippen molar-refractivity contribution in [2.24, 2.45) is 5.92 Å². The zero-order valence-electron chi connectivity index (χ0n) is 14.4. The van der Waals surface area contributed by atoms with Gasteiger partial charge in [-0.15, -0.1) is 0 Å². The molecule has 4 rings (SSSR count). The van der Waals surface area contributed by atoms with Crippen LogP contribution in [-0.4, -0.2) is 17.5 Å². The first-order valence-electron chi connectivity index (χ1n) is 8.78. The molecule has 132 valence electrons. The molecule has 1 aliphatic rings. The molecule has 1 atom stereocenters. The van der Waals surface area contributed by atoms with Crippen LogP contribution < -0.4 is 10.1 Å². The second kappa shape index (κ2) is 7.44. The van der Waals surface area contributed by atoms with E-state index < -0.39 is 0 Å².